The van der Waals surface area contributed by atoms with Crippen LogP contribution in [0.5, 0.6) is 0 Å². The quantitative estimate of drug-likeness (QED) is 0.713. The topological polar surface area (TPSA) is 12.0 Å². The molecule has 1 unspecified atom stereocenters. The van der Waals surface area contributed by atoms with Crippen molar-refractivity contribution in [3.63, 3.8) is 0 Å². The number of rotatable bonds is 8. The minimum absolute atomic E-state index is 0.482. The number of aryl methyl sites for hydroxylation is 2. The number of hydrogen-bond acceptors (Lipinski definition) is 1. The summed E-state index contributed by atoms with van der Waals surface area (Å²) in [5.41, 5.74) is 4.23. The molecule has 0 amide bonds. The molecule has 0 aliphatic heterocycles. The van der Waals surface area contributed by atoms with Gasteiger partial charge in [0.15, 0.2) is 0 Å². The minimum atomic E-state index is 0.482. The van der Waals surface area contributed by atoms with Crippen LogP contribution >= 0.6 is 0 Å². The van der Waals surface area contributed by atoms with Gasteiger partial charge in [0.1, 0.15) is 0 Å². The molecule has 0 heterocycles. The van der Waals surface area contributed by atoms with E-state index >= 15 is 0 Å². The van der Waals surface area contributed by atoms with E-state index in [1.54, 1.807) is 0 Å². The molecular weight excluding hydrogens is 254 g/mol. The number of nitrogens with one attached hydrogen (secondary N) is 1. The van der Waals surface area contributed by atoms with Gasteiger partial charge in [-0.1, -0.05) is 67.1 Å². The predicted molar refractivity (Wildman–Crippen MR) is 91.6 cm³/mol. The van der Waals surface area contributed by atoms with Crippen LogP contribution in [0, 0.1) is 6.92 Å². The van der Waals surface area contributed by atoms with Gasteiger partial charge in [-0.2, -0.15) is 0 Å². The maximum Gasteiger partial charge on any atom is 0.0320 e. The Morgan fingerprint density at radius 2 is 1.81 bits per heavy atom. The van der Waals surface area contributed by atoms with Gasteiger partial charge in [-0.05, 0) is 50.3 Å². The molecule has 2 rings (SSSR count). The highest BCUT2D eigenvalue weighted by Gasteiger charge is 2.09. The van der Waals surface area contributed by atoms with Gasteiger partial charge in [0, 0.05) is 6.04 Å². The van der Waals surface area contributed by atoms with Crippen LogP contribution in [-0.2, 0) is 6.42 Å². The van der Waals surface area contributed by atoms with Crippen LogP contribution in [0.25, 0.3) is 0 Å². The zero-order valence-corrected chi connectivity index (χ0v) is 13.3. The summed E-state index contributed by atoms with van der Waals surface area (Å²) in [5, 5.41) is 3.68. The Bertz CT molecular complexity index is 518. The maximum atomic E-state index is 3.68. The summed E-state index contributed by atoms with van der Waals surface area (Å²) in [6.45, 7) is 5.48. The summed E-state index contributed by atoms with van der Waals surface area (Å²) in [7, 11) is 0. The second-order valence-electron chi connectivity index (χ2n) is 5.80. The van der Waals surface area contributed by atoms with Crippen molar-refractivity contribution < 1.29 is 0 Å². The van der Waals surface area contributed by atoms with Crippen molar-refractivity contribution >= 4 is 0 Å². The summed E-state index contributed by atoms with van der Waals surface area (Å²) in [4.78, 5) is 0. The highest BCUT2D eigenvalue weighted by Crippen LogP contribution is 2.20. The van der Waals surface area contributed by atoms with Crippen LogP contribution in [0.4, 0.5) is 0 Å². The Labute approximate surface area is 129 Å². The molecule has 0 aromatic heterocycles. The SMILES string of the molecule is CCCNC(CCCc1cccc(C)c1)c1ccccc1. The van der Waals surface area contributed by atoms with Gasteiger partial charge in [0.25, 0.3) is 0 Å². The second kappa shape index (κ2) is 8.63. The van der Waals surface area contributed by atoms with E-state index in [0.717, 1.165) is 6.54 Å². The van der Waals surface area contributed by atoms with E-state index < -0.39 is 0 Å². The van der Waals surface area contributed by atoms with Crippen LogP contribution in [-0.4, -0.2) is 6.54 Å². The summed E-state index contributed by atoms with van der Waals surface area (Å²) >= 11 is 0. The summed E-state index contributed by atoms with van der Waals surface area (Å²) in [5.74, 6) is 0. The lowest BCUT2D eigenvalue weighted by molar-refractivity contribution is 0.484. The van der Waals surface area contributed by atoms with E-state index in [0.29, 0.717) is 6.04 Å². The lowest BCUT2D eigenvalue weighted by Gasteiger charge is -2.19. The first-order valence-electron chi connectivity index (χ1n) is 8.13. The van der Waals surface area contributed by atoms with Crippen molar-refractivity contribution in [2.75, 3.05) is 6.54 Å². The van der Waals surface area contributed by atoms with Crippen LogP contribution < -0.4 is 5.32 Å². The summed E-state index contributed by atoms with van der Waals surface area (Å²) < 4.78 is 0. The van der Waals surface area contributed by atoms with E-state index in [-0.39, 0.29) is 0 Å². The molecule has 0 saturated carbocycles. The fourth-order valence-electron chi connectivity index (χ4n) is 2.77. The fraction of sp³-hybridized carbons (Fsp3) is 0.400. The van der Waals surface area contributed by atoms with Crippen LogP contribution in [0.1, 0.15) is 48.9 Å². The Morgan fingerprint density at radius 1 is 1.00 bits per heavy atom. The van der Waals surface area contributed by atoms with Crippen molar-refractivity contribution in [1.29, 1.82) is 0 Å². The third-order valence-electron chi connectivity index (χ3n) is 3.88. The van der Waals surface area contributed by atoms with Crippen LogP contribution in [0.2, 0.25) is 0 Å². The zero-order valence-electron chi connectivity index (χ0n) is 13.3. The van der Waals surface area contributed by atoms with Crippen molar-refractivity contribution in [3.05, 3.63) is 71.3 Å². The first kappa shape index (κ1) is 15.8. The smallest absolute Gasteiger partial charge is 0.0320 e. The standard InChI is InChI=1S/C20H27N/c1-3-15-21-20(19-12-5-4-6-13-19)14-8-11-18-10-7-9-17(2)16-18/h4-7,9-10,12-13,16,20-21H,3,8,11,14-15H2,1-2H3. The number of benzene rings is 2. The van der Waals surface area contributed by atoms with Gasteiger partial charge in [-0.15, -0.1) is 0 Å². The molecule has 1 atom stereocenters. The van der Waals surface area contributed by atoms with Crippen molar-refractivity contribution in [3.8, 4) is 0 Å². The van der Waals surface area contributed by atoms with Gasteiger partial charge in [-0.25, -0.2) is 0 Å². The van der Waals surface area contributed by atoms with Crippen molar-refractivity contribution in [1.82, 2.24) is 5.32 Å². The predicted octanol–water partition coefficient (Wildman–Crippen LogP) is 5.06. The maximum absolute atomic E-state index is 3.68. The van der Waals surface area contributed by atoms with E-state index in [1.807, 2.05) is 0 Å². The molecule has 0 aliphatic rings. The summed E-state index contributed by atoms with van der Waals surface area (Å²) in [6.07, 6.45) is 4.76. The molecular formula is C20H27N. The van der Waals surface area contributed by atoms with E-state index in [4.69, 9.17) is 0 Å². The molecule has 1 heteroatoms. The highest BCUT2D eigenvalue weighted by molar-refractivity contribution is 5.22. The Hall–Kier alpha value is -1.60. The molecule has 1 N–H and O–H groups in total. The summed E-state index contributed by atoms with van der Waals surface area (Å²) in [6, 6.07) is 20.2. The molecule has 112 valence electrons. The molecule has 21 heavy (non-hydrogen) atoms. The molecule has 0 bridgehead atoms. The normalized spacial score (nSPS) is 12.3. The fourth-order valence-corrected chi connectivity index (χ4v) is 2.77. The molecule has 2 aromatic carbocycles. The average molecular weight is 281 g/mol. The van der Waals surface area contributed by atoms with Gasteiger partial charge in [0.05, 0.1) is 0 Å². The van der Waals surface area contributed by atoms with Crippen LogP contribution in [0.3, 0.4) is 0 Å². The van der Waals surface area contributed by atoms with Gasteiger partial charge in [0.2, 0.25) is 0 Å². The molecule has 0 radical (unpaired) electrons. The van der Waals surface area contributed by atoms with E-state index in [9.17, 15) is 0 Å². The minimum Gasteiger partial charge on any atom is -0.310 e. The molecule has 0 aliphatic carbocycles. The third kappa shape index (κ3) is 5.35. The van der Waals surface area contributed by atoms with Crippen LogP contribution in [0.15, 0.2) is 54.6 Å². The van der Waals surface area contributed by atoms with Gasteiger partial charge >= 0.3 is 0 Å². The van der Waals surface area contributed by atoms with Crippen molar-refractivity contribution in [2.45, 2.75) is 45.6 Å². The third-order valence-corrected chi connectivity index (χ3v) is 3.88. The average Bonchev–Trinajstić information content (AvgIpc) is 2.51. The van der Waals surface area contributed by atoms with Gasteiger partial charge < -0.3 is 5.32 Å². The Kier molecular flexibility index (Phi) is 6.49. The number of hydrogen-bond donors (Lipinski definition) is 1. The lowest BCUT2D eigenvalue weighted by atomic mass is 9.98. The Morgan fingerprint density at radius 3 is 2.52 bits per heavy atom. The van der Waals surface area contributed by atoms with E-state index in [2.05, 4.69) is 73.8 Å². The monoisotopic (exact) mass is 281 g/mol. The second-order valence-corrected chi connectivity index (χ2v) is 5.80. The molecule has 0 fully saturated rings. The van der Waals surface area contributed by atoms with E-state index in [1.165, 1.54) is 42.4 Å². The highest BCUT2D eigenvalue weighted by atomic mass is 14.9. The largest absolute Gasteiger partial charge is 0.310 e. The first-order chi connectivity index (χ1) is 10.3. The molecule has 2 aromatic rings. The molecule has 0 spiro atoms. The first-order valence-corrected chi connectivity index (χ1v) is 8.13. The van der Waals surface area contributed by atoms with Crippen molar-refractivity contribution in [2.24, 2.45) is 0 Å². The van der Waals surface area contributed by atoms with Gasteiger partial charge in [-0.3, -0.25) is 0 Å². The zero-order chi connectivity index (χ0) is 14.9. The molecule has 0 saturated heterocycles. The molecule has 1 nitrogen and oxygen atoms in total. The Balaban J connectivity index is 1.90. The lowest BCUT2D eigenvalue weighted by Crippen LogP contribution is -2.22.